The molecular formula is C17H20IN5O2S. The Morgan fingerprint density at radius 2 is 2.19 bits per heavy atom. The van der Waals surface area contributed by atoms with E-state index in [2.05, 4.69) is 20.6 Å². The van der Waals surface area contributed by atoms with Gasteiger partial charge in [0.25, 0.3) is 0 Å². The van der Waals surface area contributed by atoms with Crippen LogP contribution in [0, 0.1) is 0 Å². The normalized spacial score (nSPS) is 16.2. The quantitative estimate of drug-likeness (QED) is 0.338. The van der Waals surface area contributed by atoms with E-state index in [1.807, 2.05) is 46.4 Å². The number of thiazole rings is 1. The first-order valence-electron chi connectivity index (χ1n) is 8.06. The van der Waals surface area contributed by atoms with Gasteiger partial charge in [-0.3, -0.25) is 9.39 Å². The fourth-order valence-corrected chi connectivity index (χ4v) is 3.35. The molecule has 138 valence electrons. The molecule has 1 aliphatic rings. The van der Waals surface area contributed by atoms with Gasteiger partial charge in [-0.2, -0.15) is 0 Å². The van der Waals surface area contributed by atoms with Gasteiger partial charge in [0.15, 0.2) is 22.4 Å². The van der Waals surface area contributed by atoms with Crippen molar-refractivity contribution in [2.24, 2.45) is 4.99 Å². The van der Waals surface area contributed by atoms with Gasteiger partial charge in [-0.15, -0.1) is 35.3 Å². The predicted octanol–water partition coefficient (Wildman–Crippen LogP) is 2.52. The molecule has 3 aromatic rings. The van der Waals surface area contributed by atoms with Crippen LogP contribution in [0.15, 0.2) is 47.0 Å². The molecule has 9 heteroatoms. The first-order chi connectivity index (χ1) is 12.3. The molecule has 0 amide bonds. The summed E-state index contributed by atoms with van der Waals surface area (Å²) in [6.07, 6.45) is 3.95. The molecule has 4 rings (SSSR count). The van der Waals surface area contributed by atoms with Crippen LogP contribution >= 0.6 is 35.3 Å². The van der Waals surface area contributed by atoms with Crippen molar-refractivity contribution < 1.29 is 9.47 Å². The third-order valence-electron chi connectivity index (χ3n) is 3.87. The summed E-state index contributed by atoms with van der Waals surface area (Å²) in [7, 11) is 1.74. The Hall–Kier alpha value is -2.01. The molecule has 0 saturated heterocycles. The molecule has 7 nitrogen and oxygen atoms in total. The average molecular weight is 485 g/mol. The monoisotopic (exact) mass is 485 g/mol. The van der Waals surface area contributed by atoms with Crippen molar-refractivity contribution in [1.29, 1.82) is 0 Å². The molecule has 0 spiro atoms. The van der Waals surface area contributed by atoms with Gasteiger partial charge in [0.05, 0.1) is 18.8 Å². The number of nitrogens with zero attached hydrogens (tertiary/aromatic N) is 3. The van der Waals surface area contributed by atoms with E-state index in [0.29, 0.717) is 25.7 Å². The molecule has 26 heavy (non-hydrogen) atoms. The maximum absolute atomic E-state index is 5.93. The number of aliphatic imine (C=N–C) groups is 1. The van der Waals surface area contributed by atoms with Crippen molar-refractivity contribution >= 4 is 46.2 Å². The lowest BCUT2D eigenvalue weighted by Crippen LogP contribution is -2.45. The highest BCUT2D eigenvalue weighted by Gasteiger charge is 2.20. The maximum atomic E-state index is 5.93. The molecule has 1 aromatic carbocycles. The van der Waals surface area contributed by atoms with Crippen LogP contribution in [0.25, 0.3) is 4.96 Å². The lowest BCUT2D eigenvalue weighted by Gasteiger charge is -2.27. The number of fused-ring (bicyclic) bond motifs is 2. The third-order valence-corrected chi connectivity index (χ3v) is 4.64. The number of rotatable bonds is 4. The Kier molecular flexibility index (Phi) is 6.20. The SMILES string of the molecule is CN=C(NCc1cn2ccsc2n1)NCC1COc2ccccc2O1.I. The Balaban J connectivity index is 0.00000196. The van der Waals surface area contributed by atoms with Crippen LogP contribution in [0.3, 0.4) is 0 Å². The predicted molar refractivity (Wildman–Crippen MR) is 113 cm³/mol. The Bertz CT molecular complexity index is 866. The van der Waals surface area contributed by atoms with Crippen LogP contribution in [0.5, 0.6) is 11.5 Å². The third kappa shape index (κ3) is 4.21. The Morgan fingerprint density at radius 3 is 3.00 bits per heavy atom. The number of benzene rings is 1. The van der Waals surface area contributed by atoms with E-state index < -0.39 is 0 Å². The number of guanidine groups is 1. The highest BCUT2D eigenvalue weighted by Crippen LogP contribution is 2.30. The zero-order valence-electron chi connectivity index (χ0n) is 14.2. The summed E-state index contributed by atoms with van der Waals surface area (Å²) in [6, 6.07) is 7.70. The van der Waals surface area contributed by atoms with Gasteiger partial charge in [0.2, 0.25) is 0 Å². The molecule has 2 N–H and O–H groups in total. The van der Waals surface area contributed by atoms with E-state index in [1.54, 1.807) is 18.4 Å². The lowest BCUT2D eigenvalue weighted by molar-refractivity contribution is 0.0936. The van der Waals surface area contributed by atoms with E-state index in [9.17, 15) is 0 Å². The van der Waals surface area contributed by atoms with Crippen molar-refractivity contribution in [2.75, 3.05) is 20.2 Å². The zero-order valence-corrected chi connectivity index (χ0v) is 17.4. The fourth-order valence-electron chi connectivity index (χ4n) is 2.63. The molecule has 1 atom stereocenters. The molecule has 2 aromatic heterocycles. The molecule has 0 bridgehead atoms. The first-order valence-corrected chi connectivity index (χ1v) is 8.94. The molecule has 0 fully saturated rings. The summed E-state index contributed by atoms with van der Waals surface area (Å²) in [4.78, 5) is 9.78. The number of hydrogen-bond donors (Lipinski definition) is 2. The van der Waals surface area contributed by atoms with Crippen LogP contribution in [0.4, 0.5) is 0 Å². The van der Waals surface area contributed by atoms with Crippen molar-refractivity contribution in [3.63, 3.8) is 0 Å². The minimum atomic E-state index is -0.0635. The number of para-hydroxylation sites is 2. The fraction of sp³-hybridized carbons (Fsp3) is 0.294. The minimum absolute atomic E-state index is 0. The number of hydrogen-bond acceptors (Lipinski definition) is 5. The Morgan fingerprint density at radius 1 is 1.35 bits per heavy atom. The van der Waals surface area contributed by atoms with E-state index in [0.717, 1.165) is 22.2 Å². The van der Waals surface area contributed by atoms with Gasteiger partial charge < -0.3 is 20.1 Å². The number of ether oxygens (including phenoxy) is 2. The number of aromatic nitrogens is 2. The second-order valence-corrected chi connectivity index (χ2v) is 6.50. The van der Waals surface area contributed by atoms with Gasteiger partial charge in [-0.05, 0) is 12.1 Å². The summed E-state index contributed by atoms with van der Waals surface area (Å²) in [5.41, 5.74) is 0.973. The largest absolute Gasteiger partial charge is 0.486 e. The molecule has 0 aliphatic carbocycles. The summed E-state index contributed by atoms with van der Waals surface area (Å²) >= 11 is 1.62. The van der Waals surface area contributed by atoms with Crippen LogP contribution in [0.1, 0.15) is 5.69 Å². The molecule has 1 unspecified atom stereocenters. The first kappa shape index (κ1) is 18.8. The topological polar surface area (TPSA) is 72.2 Å². The van der Waals surface area contributed by atoms with Gasteiger partial charge in [-0.1, -0.05) is 12.1 Å². The highest BCUT2D eigenvalue weighted by atomic mass is 127. The molecular weight excluding hydrogens is 465 g/mol. The second-order valence-electron chi connectivity index (χ2n) is 5.63. The van der Waals surface area contributed by atoms with Crippen molar-refractivity contribution in [1.82, 2.24) is 20.0 Å². The van der Waals surface area contributed by atoms with E-state index >= 15 is 0 Å². The van der Waals surface area contributed by atoms with E-state index in [1.165, 1.54) is 0 Å². The Labute approximate surface area is 172 Å². The summed E-state index contributed by atoms with van der Waals surface area (Å²) in [5, 5.41) is 8.55. The maximum Gasteiger partial charge on any atom is 0.193 e. The summed E-state index contributed by atoms with van der Waals surface area (Å²) in [6.45, 7) is 1.73. The molecule has 0 radical (unpaired) electrons. The van der Waals surface area contributed by atoms with Crippen LogP contribution < -0.4 is 20.1 Å². The number of imidazole rings is 1. The van der Waals surface area contributed by atoms with Gasteiger partial charge in [-0.25, -0.2) is 4.98 Å². The van der Waals surface area contributed by atoms with Crippen LogP contribution in [0.2, 0.25) is 0 Å². The van der Waals surface area contributed by atoms with Gasteiger partial charge >= 0.3 is 0 Å². The van der Waals surface area contributed by atoms with Crippen LogP contribution in [-0.4, -0.2) is 41.6 Å². The van der Waals surface area contributed by atoms with Crippen molar-refractivity contribution in [3.8, 4) is 11.5 Å². The number of nitrogens with one attached hydrogen (secondary N) is 2. The zero-order chi connectivity index (χ0) is 17.1. The van der Waals surface area contributed by atoms with Gasteiger partial charge in [0.1, 0.15) is 12.7 Å². The number of halogens is 1. The average Bonchev–Trinajstić information content (AvgIpc) is 3.23. The van der Waals surface area contributed by atoms with E-state index in [4.69, 9.17) is 9.47 Å². The highest BCUT2D eigenvalue weighted by molar-refractivity contribution is 14.0. The standard InChI is InChI=1S/C17H19N5O2S.HI/c1-18-16(19-8-12-10-22-6-7-25-17(22)21-12)20-9-13-11-23-14-4-2-3-5-15(14)24-13;/h2-7,10,13H,8-9,11H2,1H3,(H2,18,19,20);1H. The van der Waals surface area contributed by atoms with Crippen molar-refractivity contribution in [3.05, 3.63) is 47.7 Å². The molecule has 0 saturated carbocycles. The summed E-state index contributed by atoms with van der Waals surface area (Å²) < 4.78 is 13.7. The van der Waals surface area contributed by atoms with Gasteiger partial charge in [0, 0.05) is 24.8 Å². The second kappa shape index (κ2) is 8.58. The molecule has 3 heterocycles. The minimum Gasteiger partial charge on any atom is -0.486 e. The molecule has 1 aliphatic heterocycles. The summed E-state index contributed by atoms with van der Waals surface area (Å²) in [5.74, 6) is 2.28. The van der Waals surface area contributed by atoms with Crippen molar-refractivity contribution in [2.45, 2.75) is 12.6 Å². The smallest absolute Gasteiger partial charge is 0.193 e. The lowest BCUT2D eigenvalue weighted by atomic mass is 10.2. The van der Waals surface area contributed by atoms with E-state index in [-0.39, 0.29) is 30.1 Å². The van der Waals surface area contributed by atoms with Crippen LogP contribution in [-0.2, 0) is 6.54 Å².